The molecule has 0 saturated carbocycles. The van der Waals surface area contributed by atoms with Gasteiger partial charge in [0.15, 0.2) is 0 Å². The largest absolute Gasteiger partial charge is 0.481 e. The number of aryl methyl sites for hydroxylation is 1. The Morgan fingerprint density at radius 1 is 1.38 bits per heavy atom. The molecule has 0 spiro atoms. The van der Waals surface area contributed by atoms with Crippen molar-refractivity contribution < 1.29 is 19.4 Å². The van der Waals surface area contributed by atoms with Crippen LogP contribution < -0.4 is 0 Å². The second-order valence-electron chi connectivity index (χ2n) is 6.25. The molecule has 6 heteroatoms. The minimum atomic E-state index is -0.883. The summed E-state index contributed by atoms with van der Waals surface area (Å²) in [5.41, 5.74) is 2.17. The van der Waals surface area contributed by atoms with Gasteiger partial charge in [0.05, 0.1) is 12.5 Å². The van der Waals surface area contributed by atoms with Gasteiger partial charge in [-0.1, -0.05) is 18.2 Å². The van der Waals surface area contributed by atoms with E-state index in [4.69, 9.17) is 9.84 Å². The van der Waals surface area contributed by atoms with Crippen molar-refractivity contribution in [2.45, 2.75) is 37.8 Å². The van der Waals surface area contributed by atoms with Crippen molar-refractivity contribution in [1.82, 2.24) is 9.88 Å². The van der Waals surface area contributed by atoms with Gasteiger partial charge < -0.3 is 19.7 Å². The third-order valence-corrected chi connectivity index (χ3v) is 4.72. The van der Waals surface area contributed by atoms with E-state index in [-0.39, 0.29) is 24.5 Å². The number of methoxy groups -OCH3 is 1. The summed E-state index contributed by atoms with van der Waals surface area (Å²) >= 11 is 0. The number of benzene rings is 1. The quantitative estimate of drug-likeness (QED) is 0.850. The number of hydrogen-bond acceptors (Lipinski definition) is 3. The number of H-pyrrole nitrogens is 1. The molecule has 1 aliphatic heterocycles. The van der Waals surface area contributed by atoms with E-state index in [1.165, 1.54) is 0 Å². The molecule has 24 heavy (non-hydrogen) atoms. The van der Waals surface area contributed by atoms with Crippen molar-refractivity contribution in [3.05, 3.63) is 36.0 Å². The molecule has 3 rings (SSSR count). The Hall–Kier alpha value is -2.34. The number of aliphatic carboxylic acids is 1. The number of carbonyl (C=O) groups is 2. The highest BCUT2D eigenvalue weighted by molar-refractivity contribution is 5.84. The zero-order valence-electron chi connectivity index (χ0n) is 13.7. The van der Waals surface area contributed by atoms with E-state index in [2.05, 4.69) is 4.98 Å². The van der Waals surface area contributed by atoms with Crippen molar-refractivity contribution in [2.24, 2.45) is 0 Å². The van der Waals surface area contributed by atoms with Crippen LogP contribution in [0.2, 0.25) is 0 Å². The van der Waals surface area contributed by atoms with Crippen molar-refractivity contribution in [3.63, 3.8) is 0 Å². The van der Waals surface area contributed by atoms with Gasteiger partial charge in [-0.2, -0.15) is 0 Å². The molecule has 1 aromatic carbocycles. The van der Waals surface area contributed by atoms with E-state index in [1.54, 1.807) is 12.0 Å². The van der Waals surface area contributed by atoms with Crippen LogP contribution >= 0.6 is 0 Å². The third-order valence-electron chi connectivity index (χ3n) is 4.72. The maximum absolute atomic E-state index is 12.6. The molecule has 2 aromatic rings. The molecule has 2 heterocycles. The van der Waals surface area contributed by atoms with Gasteiger partial charge in [-0.3, -0.25) is 9.59 Å². The van der Waals surface area contributed by atoms with Gasteiger partial charge in [-0.15, -0.1) is 0 Å². The molecule has 6 nitrogen and oxygen atoms in total. The minimum absolute atomic E-state index is 0.00826. The lowest BCUT2D eigenvalue weighted by molar-refractivity contribution is -0.139. The van der Waals surface area contributed by atoms with E-state index >= 15 is 0 Å². The molecule has 1 aromatic heterocycles. The number of ether oxygens (including phenoxy) is 1. The van der Waals surface area contributed by atoms with Crippen LogP contribution in [0.25, 0.3) is 10.9 Å². The fourth-order valence-corrected chi connectivity index (χ4v) is 3.47. The zero-order valence-corrected chi connectivity index (χ0v) is 13.7. The smallest absolute Gasteiger partial charge is 0.305 e. The maximum Gasteiger partial charge on any atom is 0.305 e. The number of carbonyl (C=O) groups excluding carboxylic acids is 1. The minimum Gasteiger partial charge on any atom is -0.481 e. The number of rotatable bonds is 6. The number of hydrogen-bond donors (Lipinski definition) is 2. The van der Waals surface area contributed by atoms with Crippen LogP contribution in [0.3, 0.4) is 0 Å². The summed E-state index contributed by atoms with van der Waals surface area (Å²) in [7, 11) is 1.60. The predicted octanol–water partition coefficient (Wildman–Crippen LogP) is 2.19. The van der Waals surface area contributed by atoms with Gasteiger partial charge in [0.25, 0.3) is 0 Å². The first-order valence-corrected chi connectivity index (χ1v) is 8.17. The molecule has 0 radical (unpaired) electrons. The average Bonchev–Trinajstić information content (AvgIpc) is 3.16. The number of carboxylic acid groups (broad SMARTS) is 1. The van der Waals surface area contributed by atoms with Gasteiger partial charge in [0.2, 0.25) is 5.91 Å². The van der Waals surface area contributed by atoms with Crippen molar-refractivity contribution in [1.29, 1.82) is 0 Å². The number of nitrogens with zero attached hydrogens (tertiary/aromatic N) is 1. The van der Waals surface area contributed by atoms with Crippen LogP contribution in [-0.4, -0.2) is 52.7 Å². The second-order valence-corrected chi connectivity index (χ2v) is 6.25. The molecule has 0 aliphatic carbocycles. The molecule has 2 unspecified atom stereocenters. The molecule has 2 atom stereocenters. The molecule has 1 saturated heterocycles. The summed E-state index contributed by atoms with van der Waals surface area (Å²) in [4.78, 5) is 28.5. The lowest BCUT2D eigenvalue weighted by atomic mass is 10.1. The monoisotopic (exact) mass is 330 g/mol. The number of fused-ring (bicyclic) bond motifs is 1. The highest BCUT2D eigenvalue weighted by Gasteiger charge is 2.36. The number of carboxylic acids is 1. The van der Waals surface area contributed by atoms with Gasteiger partial charge in [0, 0.05) is 43.2 Å². The van der Waals surface area contributed by atoms with E-state index < -0.39 is 5.97 Å². The van der Waals surface area contributed by atoms with Crippen LogP contribution in [0.1, 0.15) is 24.8 Å². The Kier molecular flexibility index (Phi) is 4.85. The highest BCUT2D eigenvalue weighted by Crippen LogP contribution is 2.25. The van der Waals surface area contributed by atoms with Crippen molar-refractivity contribution in [2.75, 3.05) is 13.7 Å². The second kappa shape index (κ2) is 7.05. The molecule has 2 N–H and O–H groups in total. The van der Waals surface area contributed by atoms with E-state index in [9.17, 15) is 9.59 Å². The standard InChI is InChI=1S/C18H22N2O4/c1-24-14-8-13(9-18(22)23)20(11-14)17(21)7-6-12-10-19-16-5-3-2-4-15(12)16/h2-5,10,13-14,19H,6-9,11H2,1H3,(H,22,23). The fraction of sp³-hybridized carbons (Fsp3) is 0.444. The van der Waals surface area contributed by atoms with Crippen LogP contribution in [-0.2, 0) is 20.7 Å². The Bertz CT molecular complexity index is 739. The number of aromatic nitrogens is 1. The van der Waals surface area contributed by atoms with Crippen molar-refractivity contribution in [3.8, 4) is 0 Å². The summed E-state index contributed by atoms with van der Waals surface area (Å²) in [6, 6.07) is 7.72. The number of likely N-dealkylation sites (tertiary alicyclic amines) is 1. The number of para-hydroxylation sites is 1. The Morgan fingerprint density at radius 3 is 2.92 bits per heavy atom. The zero-order chi connectivity index (χ0) is 17.1. The lowest BCUT2D eigenvalue weighted by Gasteiger charge is -2.23. The Morgan fingerprint density at radius 2 is 2.17 bits per heavy atom. The van der Waals surface area contributed by atoms with Gasteiger partial charge in [-0.05, 0) is 24.5 Å². The van der Waals surface area contributed by atoms with Crippen molar-refractivity contribution >= 4 is 22.8 Å². The van der Waals surface area contributed by atoms with E-state index in [1.807, 2.05) is 30.5 Å². The normalized spacial score (nSPS) is 20.6. The molecule has 0 bridgehead atoms. The first kappa shape index (κ1) is 16.5. The SMILES string of the molecule is COC1CC(CC(=O)O)N(C(=O)CCc2c[nH]c3ccccc23)C1. The van der Waals surface area contributed by atoms with E-state index in [0.29, 0.717) is 25.8 Å². The summed E-state index contributed by atoms with van der Waals surface area (Å²) < 4.78 is 5.32. The summed E-state index contributed by atoms with van der Waals surface area (Å²) in [5.74, 6) is -0.891. The fourth-order valence-electron chi connectivity index (χ4n) is 3.47. The molecule has 1 fully saturated rings. The Balaban J connectivity index is 1.66. The molecule has 1 aliphatic rings. The predicted molar refractivity (Wildman–Crippen MR) is 89.8 cm³/mol. The van der Waals surface area contributed by atoms with Crippen LogP contribution in [0.4, 0.5) is 0 Å². The van der Waals surface area contributed by atoms with Gasteiger partial charge in [0.1, 0.15) is 0 Å². The summed E-state index contributed by atoms with van der Waals surface area (Å²) in [6.07, 6.45) is 3.42. The summed E-state index contributed by atoms with van der Waals surface area (Å²) in [5, 5.41) is 10.2. The first-order valence-electron chi connectivity index (χ1n) is 8.17. The molecular formula is C18H22N2O4. The number of nitrogens with one attached hydrogen (secondary N) is 1. The van der Waals surface area contributed by atoms with Gasteiger partial charge >= 0.3 is 5.97 Å². The summed E-state index contributed by atoms with van der Waals surface area (Å²) in [6.45, 7) is 0.473. The first-order chi connectivity index (χ1) is 11.6. The Labute approximate surface area is 140 Å². The topological polar surface area (TPSA) is 82.6 Å². The van der Waals surface area contributed by atoms with Crippen LogP contribution in [0.5, 0.6) is 0 Å². The maximum atomic E-state index is 12.6. The van der Waals surface area contributed by atoms with Gasteiger partial charge in [-0.25, -0.2) is 0 Å². The average molecular weight is 330 g/mol. The number of amides is 1. The molecule has 128 valence electrons. The third kappa shape index (κ3) is 3.43. The number of aromatic amines is 1. The highest BCUT2D eigenvalue weighted by atomic mass is 16.5. The van der Waals surface area contributed by atoms with E-state index in [0.717, 1.165) is 16.5 Å². The lowest BCUT2D eigenvalue weighted by Crippen LogP contribution is -2.37. The van der Waals surface area contributed by atoms with Crippen LogP contribution in [0.15, 0.2) is 30.5 Å². The van der Waals surface area contributed by atoms with Crippen LogP contribution in [0, 0.1) is 0 Å². The molecule has 1 amide bonds. The molecular weight excluding hydrogens is 308 g/mol.